The van der Waals surface area contributed by atoms with Gasteiger partial charge in [-0.15, -0.1) is 5.10 Å². The summed E-state index contributed by atoms with van der Waals surface area (Å²) in [5.74, 6) is 0.909. The van der Waals surface area contributed by atoms with Gasteiger partial charge < -0.3 is 15.9 Å². The Labute approximate surface area is 71.1 Å². The smallest absolute Gasteiger partial charge is 0.312 e. The van der Waals surface area contributed by atoms with Crippen molar-refractivity contribution in [3.8, 4) is 0 Å². The summed E-state index contributed by atoms with van der Waals surface area (Å²) in [5.41, 5.74) is 11.0. The highest BCUT2D eigenvalue weighted by Crippen LogP contribution is 2.07. The van der Waals surface area contributed by atoms with Crippen molar-refractivity contribution in [1.29, 1.82) is 0 Å². The standard InChI is InChI=1S/C7H14N4O/c1-4(2)5(8)3-6-10-11-7(9)12-6/h4-5H,3,8H2,1-2H3,(H2,9,11)/t5-/m1/s1. The number of nitrogens with two attached hydrogens (primary N) is 2. The van der Waals surface area contributed by atoms with Crippen molar-refractivity contribution in [3.63, 3.8) is 0 Å². The SMILES string of the molecule is CC(C)[C@H](N)Cc1nnc(N)o1. The van der Waals surface area contributed by atoms with Gasteiger partial charge in [0.25, 0.3) is 0 Å². The van der Waals surface area contributed by atoms with Gasteiger partial charge in [-0.1, -0.05) is 18.9 Å². The second-order valence-corrected chi connectivity index (χ2v) is 3.15. The van der Waals surface area contributed by atoms with Gasteiger partial charge in [-0.25, -0.2) is 0 Å². The van der Waals surface area contributed by atoms with Gasteiger partial charge in [0.2, 0.25) is 5.89 Å². The molecule has 1 aromatic rings. The van der Waals surface area contributed by atoms with Crippen molar-refractivity contribution in [3.05, 3.63) is 5.89 Å². The lowest BCUT2D eigenvalue weighted by molar-refractivity contribution is 0.426. The molecule has 0 amide bonds. The number of rotatable bonds is 3. The van der Waals surface area contributed by atoms with Crippen LogP contribution in [0.25, 0.3) is 0 Å². The highest BCUT2D eigenvalue weighted by atomic mass is 16.4. The van der Waals surface area contributed by atoms with Crippen LogP contribution < -0.4 is 11.5 Å². The van der Waals surface area contributed by atoms with Gasteiger partial charge in [0.1, 0.15) is 0 Å². The third-order valence-electron chi connectivity index (χ3n) is 1.75. The van der Waals surface area contributed by atoms with E-state index in [9.17, 15) is 0 Å². The first-order valence-electron chi connectivity index (χ1n) is 3.93. The Kier molecular flexibility index (Phi) is 2.65. The van der Waals surface area contributed by atoms with E-state index in [4.69, 9.17) is 15.9 Å². The van der Waals surface area contributed by atoms with Crippen LogP contribution in [0.4, 0.5) is 6.01 Å². The molecule has 5 heteroatoms. The Morgan fingerprint density at radius 2 is 2.08 bits per heavy atom. The fraction of sp³-hybridized carbons (Fsp3) is 0.714. The first-order valence-corrected chi connectivity index (χ1v) is 3.93. The van der Waals surface area contributed by atoms with Crippen molar-refractivity contribution in [2.24, 2.45) is 11.7 Å². The largest absolute Gasteiger partial charge is 0.408 e. The summed E-state index contributed by atoms with van der Waals surface area (Å²) in [5, 5.41) is 7.25. The second-order valence-electron chi connectivity index (χ2n) is 3.15. The Balaban J connectivity index is 2.52. The molecule has 0 fully saturated rings. The van der Waals surface area contributed by atoms with Crippen LogP contribution in [0.2, 0.25) is 0 Å². The summed E-state index contributed by atoms with van der Waals surface area (Å²) in [6, 6.07) is 0.144. The zero-order chi connectivity index (χ0) is 9.14. The maximum absolute atomic E-state index is 5.79. The normalized spacial score (nSPS) is 13.7. The van der Waals surface area contributed by atoms with Gasteiger partial charge in [0, 0.05) is 12.5 Å². The number of nitrogens with zero attached hydrogens (tertiary/aromatic N) is 2. The quantitative estimate of drug-likeness (QED) is 0.675. The average molecular weight is 170 g/mol. The van der Waals surface area contributed by atoms with Crippen molar-refractivity contribution in [1.82, 2.24) is 10.2 Å². The third kappa shape index (κ3) is 2.20. The minimum Gasteiger partial charge on any atom is -0.408 e. The molecule has 1 heterocycles. The number of anilines is 1. The molecule has 0 radical (unpaired) electrons. The van der Waals surface area contributed by atoms with E-state index in [1.54, 1.807) is 0 Å². The molecule has 0 unspecified atom stereocenters. The lowest BCUT2D eigenvalue weighted by Crippen LogP contribution is -2.28. The summed E-state index contributed by atoms with van der Waals surface area (Å²) in [6.45, 7) is 4.09. The Bertz CT molecular complexity index is 245. The molecule has 1 aromatic heterocycles. The first kappa shape index (κ1) is 8.99. The Hall–Kier alpha value is -1.10. The van der Waals surface area contributed by atoms with Crippen LogP contribution in [-0.2, 0) is 6.42 Å². The monoisotopic (exact) mass is 170 g/mol. The van der Waals surface area contributed by atoms with Crippen LogP contribution in [0.15, 0.2) is 4.42 Å². The second kappa shape index (κ2) is 3.53. The lowest BCUT2D eigenvalue weighted by Gasteiger charge is -2.11. The predicted molar refractivity (Wildman–Crippen MR) is 45.2 cm³/mol. The Morgan fingerprint density at radius 3 is 2.50 bits per heavy atom. The van der Waals surface area contributed by atoms with E-state index in [-0.39, 0.29) is 12.1 Å². The molecular formula is C7H14N4O. The van der Waals surface area contributed by atoms with E-state index in [0.29, 0.717) is 18.2 Å². The summed E-state index contributed by atoms with van der Waals surface area (Å²) in [6.07, 6.45) is 0.585. The molecule has 1 atom stereocenters. The molecule has 0 aliphatic heterocycles. The zero-order valence-electron chi connectivity index (χ0n) is 7.32. The van der Waals surface area contributed by atoms with E-state index < -0.39 is 0 Å². The number of nitrogen functional groups attached to an aromatic ring is 1. The lowest BCUT2D eigenvalue weighted by atomic mass is 10.0. The van der Waals surface area contributed by atoms with E-state index in [0.717, 1.165) is 0 Å². The molecule has 12 heavy (non-hydrogen) atoms. The van der Waals surface area contributed by atoms with Crippen molar-refractivity contribution >= 4 is 6.01 Å². The fourth-order valence-electron chi connectivity index (χ4n) is 0.786. The molecule has 0 aromatic carbocycles. The van der Waals surface area contributed by atoms with Crippen LogP contribution >= 0.6 is 0 Å². The van der Waals surface area contributed by atoms with Gasteiger partial charge in [-0.2, -0.15) is 0 Å². The maximum Gasteiger partial charge on any atom is 0.312 e. The van der Waals surface area contributed by atoms with Gasteiger partial charge >= 0.3 is 6.01 Å². The maximum atomic E-state index is 5.79. The van der Waals surface area contributed by atoms with E-state index in [1.165, 1.54) is 0 Å². The van der Waals surface area contributed by atoms with Crippen LogP contribution in [0.5, 0.6) is 0 Å². The average Bonchev–Trinajstić information content (AvgIpc) is 2.35. The van der Waals surface area contributed by atoms with Crippen LogP contribution in [0, 0.1) is 5.92 Å². The van der Waals surface area contributed by atoms with Crippen molar-refractivity contribution < 1.29 is 4.42 Å². The molecule has 0 aliphatic carbocycles. The van der Waals surface area contributed by atoms with Crippen LogP contribution in [0.3, 0.4) is 0 Å². The zero-order valence-corrected chi connectivity index (χ0v) is 7.32. The first-order chi connectivity index (χ1) is 5.59. The van der Waals surface area contributed by atoms with Gasteiger partial charge in [-0.05, 0) is 5.92 Å². The van der Waals surface area contributed by atoms with Gasteiger partial charge in [0.05, 0.1) is 0 Å². The summed E-state index contributed by atoms with van der Waals surface area (Å²) in [4.78, 5) is 0. The summed E-state index contributed by atoms with van der Waals surface area (Å²) >= 11 is 0. The predicted octanol–water partition coefficient (Wildman–Crippen LogP) is 0.178. The molecule has 0 aliphatic rings. The number of hydrogen-bond donors (Lipinski definition) is 2. The molecule has 0 bridgehead atoms. The third-order valence-corrected chi connectivity index (χ3v) is 1.75. The minimum atomic E-state index is 0.0462. The highest BCUT2D eigenvalue weighted by Gasteiger charge is 2.12. The van der Waals surface area contributed by atoms with Crippen LogP contribution in [0.1, 0.15) is 19.7 Å². The topological polar surface area (TPSA) is 91.0 Å². The minimum absolute atomic E-state index is 0.0462. The molecule has 68 valence electrons. The van der Waals surface area contributed by atoms with E-state index in [2.05, 4.69) is 10.2 Å². The number of aromatic nitrogens is 2. The molecule has 0 saturated carbocycles. The van der Waals surface area contributed by atoms with Gasteiger partial charge in [-0.3, -0.25) is 0 Å². The van der Waals surface area contributed by atoms with Gasteiger partial charge in [0.15, 0.2) is 0 Å². The summed E-state index contributed by atoms with van der Waals surface area (Å²) in [7, 11) is 0. The molecular weight excluding hydrogens is 156 g/mol. The molecule has 0 spiro atoms. The fourth-order valence-corrected chi connectivity index (χ4v) is 0.786. The van der Waals surface area contributed by atoms with Crippen LogP contribution in [-0.4, -0.2) is 16.2 Å². The van der Waals surface area contributed by atoms with Crippen molar-refractivity contribution in [2.75, 3.05) is 5.73 Å². The molecule has 0 saturated heterocycles. The summed E-state index contributed by atoms with van der Waals surface area (Å²) < 4.78 is 4.98. The Morgan fingerprint density at radius 1 is 1.42 bits per heavy atom. The molecule has 4 N–H and O–H groups in total. The van der Waals surface area contributed by atoms with E-state index >= 15 is 0 Å². The van der Waals surface area contributed by atoms with E-state index in [1.807, 2.05) is 13.8 Å². The molecule has 1 rings (SSSR count). The molecule has 5 nitrogen and oxygen atoms in total. The highest BCUT2D eigenvalue weighted by molar-refractivity contribution is 5.05. The van der Waals surface area contributed by atoms with Crippen molar-refractivity contribution in [2.45, 2.75) is 26.3 Å². The number of hydrogen-bond acceptors (Lipinski definition) is 5.